The first-order valence-corrected chi connectivity index (χ1v) is 8.39. The van der Waals surface area contributed by atoms with Crippen LogP contribution in [0.2, 0.25) is 0 Å². The van der Waals surface area contributed by atoms with Gasteiger partial charge in [-0.05, 0) is 31.5 Å². The average molecular weight is 341 g/mol. The number of anilines is 1. The molecule has 0 unspecified atom stereocenters. The third-order valence-corrected chi connectivity index (χ3v) is 4.37. The Morgan fingerprint density at radius 1 is 1.32 bits per heavy atom. The number of fused-ring (bicyclic) bond motifs is 1. The van der Waals surface area contributed by atoms with E-state index in [1.165, 1.54) is 17.2 Å². The molecule has 0 saturated carbocycles. The maximum absolute atomic E-state index is 12.5. The second kappa shape index (κ2) is 7.48. The largest absolute Gasteiger partial charge is 0.354 e. The molecule has 1 aromatic carbocycles. The Labute approximate surface area is 146 Å². The molecule has 1 aliphatic rings. The van der Waals surface area contributed by atoms with Crippen LogP contribution >= 0.6 is 0 Å². The van der Waals surface area contributed by atoms with Gasteiger partial charge >= 0.3 is 0 Å². The molecule has 7 heteroatoms. The fourth-order valence-corrected chi connectivity index (χ4v) is 3.09. The molecule has 1 amide bonds. The van der Waals surface area contributed by atoms with Crippen LogP contribution in [0.25, 0.3) is 0 Å². The minimum absolute atomic E-state index is 0.0181. The van der Waals surface area contributed by atoms with Crippen molar-refractivity contribution in [2.24, 2.45) is 0 Å². The number of rotatable bonds is 5. The van der Waals surface area contributed by atoms with E-state index in [1.54, 1.807) is 6.92 Å². The van der Waals surface area contributed by atoms with Gasteiger partial charge in [-0.3, -0.25) is 19.5 Å². The highest BCUT2D eigenvalue weighted by Crippen LogP contribution is 2.21. The molecule has 0 radical (unpaired) electrons. The van der Waals surface area contributed by atoms with E-state index in [4.69, 9.17) is 0 Å². The van der Waals surface area contributed by atoms with E-state index in [0.717, 1.165) is 13.0 Å². The number of hydrogen-bond donors (Lipinski definition) is 3. The summed E-state index contributed by atoms with van der Waals surface area (Å²) in [4.78, 5) is 32.8. The molecule has 1 aliphatic heterocycles. The maximum Gasteiger partial charge on any atom is 0.252 e. The first kappa shape index (κ1) is 17.2. The minimum Gasteiger partial charge on any atom is -0.354 e. The number of likely N-dealkylation sites (N-methyl/N-ethyl adjacent to an activating group) is 1. The zero-order chi connectivity index (χ0) is 17.8. The van der Waals surface area contributed by atoms with E-state index in [0.29, 0.717) is 24.7 Å². The molecule has 0 aliphatic carbocycles. The summed E-state index contributed by atoms with van der Waals surface area (Å²) >= 11 is 0. The molecule has 1 aromatic heterocycles. The second-order valence-electron chi connectivity index (χ2n) is 6.36. The van der Waals surface area contributed by atoms with Gasteiger partial charge in [-0.25, -0.2) is 4.98 Å². The number of hydrogen-bond acceptors (Lipinski definition) is 5. The lowest BCUT2D eigenvalue weighted by atomic mass is 9.94. The highest BCUT2D eigenvalue weighted by atomic mass is 16.2. The van der Waals surface area contributed by atoms with Gasteiger partial charge in [-0.2, -0.15) is 0 Å². The number of H-pyrrole nitrogens is 1. The number of nitrogens with zero attached hydrogens (tertiary/aromatic N) is 2. The number of benzene rings is 1. The predicted molar refractivity (Wildman–Crippen MR) is 96.5 cm³/mol. The van der Waals surface area contributed by atoms with Crippen molar-refractivity contribution >= 4 is 11.9 Å². The van der Waals surface area contributed by atoms with Crippen molar-refractivity contribution in [3.8, 4) is 0 Å². The number of aromatic nitrogens is 2. The summed E-state index contributed by atoms with van der Waals surface area (Å²) in [6, 6.07) is 9.51. The molecule has 0 fully saturated rings. The van der Waals surface area contributed by atoms with E-state index in [2.05, 4.69) is 37.6 Å². The maximum atomic E-state index is 12.5. The van der Waals surface area contributed by atoms with Crippen LogP contribution in [0.4, 0.5) is 5.95 Å². The van der Waals surface area contributed by atoms with E-state index in [-0.39, 0.29) is 17.5 Å². The van der Waals surface area contributed by atoms with Crippen LogP contribution in [0.15, 0.2) is 35.1 Å². The van der Waals surface area contributed by atoms with Crippen LogP contribution in [0.5, 0.6) is 0 Å². The topological polar surface area (TPSA) is 90.1 Å². The zero-order valence-corrected chi connectivity index (χ0v) is 14.5. The van der Waals surface area contributed by atoms with Gasteiger partial charge in [0.05, 0.1) is 6.04 Å². The molecule has 132 valence electrons. The summed E-state index contributed by atoms with van der Waals surface area (Å²) in [5.41, 5.74) is 2.98. The standard InChI is InChI=1S/C18H23N5O2/c1-12-9-16(24)22-18(21-12)20-8-7-19-17(25)15-10-13-5-3-4-6-14(13)11-23(15)2/h3-6,9,15H,7-8,10-11H2,1-2H3,(H,19,25)(H2,20,21,22,24)/t15-/m0/s1. The molecule has 2 heterocycles. The summed E-state index contributed by atoms with van der Waals surface area (Å²) in [6.45, 7) is 3.49. The Morgan fingerprint density at radius 3 is 2.84 bits per heavy atom. The van der Waals surface area contributed by atoms with E-state index >= 15 is 0 Å². The highest BCUT2D eigenvalue weighted by molar-refractivity contribution is 5.82. The van der Waals surface area contributed by atoms with Crippen LogP contribution in [0.3, 0.4) is 0 Å². The van der Waals surface area contributed by atoms with Gasteiger partial charge in [0.15, 0.2) is 0 Å². The lowest BCUT2D eigenvalue weighted by Crippen LogP contribution is -2.49. The van der Waals surface area contributed by atoms with Crippen molar-refractivity contribution in [2.75, 3.05) is 25.5 Å². The van der Waals surface area contributed by atoms with Crippen molar-refractivity contribution in [1.29, 1.82) is 0 Å². The lowest BCUT2D eigenvalue weighted by Gasteiger charge is -2.33. The Bertz CT molecular complexity index is 817. The summed E-state index contributed by atoms with van der Waals surface area (Å²) < 4.78 is 0. The predicted octanol–water partition coefficient (Wildman–Crippen LogP) is 0.663. The average Bonchev–Trinajstić information content (AvgIpc) is 2.57. The fourth-order valence-electron chi connectivity index (χ4n) is 3.09. The molecular weight excluding hydrogens is 318 g/mol. The van der Waals surface area contributed by atoms with E-state index < -0.39 is 0 Å². The second-order valence-corrected chi connectivity index (χ2v) is 6.36. The smallest absolute Gasteiger partial charge is 0.252 e. The fraction of sp³-hybridized carbons (Fsp3) is 0.389. The first-order chi connectivity index (χ1) is 12.0. The van der Waals surface area contributed by atoms with Crippen molar-refractivity contribution < 1.29 is 4.79 Å². The van der Waals surface area contributed by atoms with E-state index in [9.17, 15) is 9.59 Å². The Balaban J connectivity index is 1.50. The Morgan fingerprint density at radius 2 is 2.08 bits per heavy atom. The number of aromatic amines is 1. The van der Waals surface area contributed by atoms with Crippen LogP contribution in [0.1, 0.15) is 16.8 Å². The van der Waals surface area contributed by atoms with Crippen molar-refractivity contribution in [1.82, 2.24) is 20.2 Å². The van der Waals surface area contributed by atoms with Crippen molar-refractivity contribution in [3.05, 3.63) is 57.5 Å². The third kappa shape index (κ3) is 4.24. The monoisotopic (exact) mass is 341 g/mol. The first-order valence-electron chi connectivity index (χ1n) is 8.39. The van der Waals surface area contributed by atoms with Crippen LogP contribution < -0.4 is 16.2 Å². The summed E-state index contributed by atoms with van der Waals surface area (Å²) in [5.74, 6) is 0.437. The molecule has 1 atom stereocenters. The van der Waals surface area contributed by atoms with Crippen LogP contribution in [-0.4, -0.2) is 47.0 Å². The number of amides is 1. The van der Waals surface area contributed by atoms with Gasteiger partial charge in [0.2, 0.25) is 11.9 Å². The third-order valence-electron chi connectivity index (χ3n) is 4.37. The molecule has 0 spiro atoms. The van der Waals surface area contributed by atoms with Gasteiger partial charge in [-0.1, -0.05) is 24.3 Å². The molecule has 2 aromatic rings. The van der Waals surface area contributed by atoms with Crippen molar-refractivity contribution in [3.63, 3.8) is 0 Å². The van der Waals surface area contributed by atoms with Gasteiger partial charge in [0, 0.05) is 31.4 Å². The Kier molecular flexibility index (Phi) is 5.14. The quantitative estimate of drug-likeness (QED) is 0.695. The molecular formula is C18H23N5O2. The summed E-state index contributed by atoms with van der Waals surface area (Å²) in [7, 11) is 1.97. The van der Waals surface area contributed by atoms with Gasteiger partial charge in [0.25, 0.3) is 5.56 Å². The van der Waals surface area contributed by atoms with Gasteiger partial charge in [0.1, 0.15) is 0 Å². The van der Waals surface area contributed by atoms with E-state index in [1.807, 2.05) is 19.2 Å². The SMILES string of the molecule is Cc1cc(=O)[nH]c(NCCNC(=O)[C@@H]2Cc3ccccc3CN2C)n1. The van der Waals surface area contributed by atoms with Gasteiger partial charge < -0.3 is 10.6 Å². The van der Waals surface area contributed by atoms with Crippen LogP contribution in [0, 0.1) is 6.92 Å². The number of aryl methyl sites for hydroxylation is 1. The highest BCUT2D eigenvalue weighted by Gasteiger charge is 2.28. The van der Waals surface area contributed by atoms with Gasteiger partial charge in [-0.15, -0.1) is 0 Å². The normalized spacial score (nSPS) is 17.0. The molecule has 7 nitrogen and oxygen atoms in total. The molecule has 3 rings (SSSR count). The lowest BCUT2D eigenvalue weighted by molar-refractivity contribution is -0.126. The summed E-state index contributed by atoms with van der Waals surface area (Å²) in [5, 5.41) is 5.97. The molecule has 25 heavy (non-hydrogen) atoms. The molecule has 0 bridgehead atoms. The molecule has 3 N–H and O–H groups in total. The molecule has 0 saturated heterocycles. The van der Waals surface area contributed by atoms with Crippen LogP contribution in [-0.2, 0) is 17.8 Å². The Hall–Kier alpha value is -2.67. The minimum atomic E-state index is -0.193. The summed E-state index contributed by atoms with van der Waals surface area (Å²) in [6.07, 6.45) is 0.721. The zero-order valence-electron chi connectivity index (χ0n) is 14.5. The van der Waals surface area contributed by atoms with Crippen molar-refractivity contribution in [2.45, 2.75) is 25.9 Å². The number of carbonyl (C=O) groups is 1. The number of carbonyl (C=O) groups excluding carboxylic acids is 1. The number of nitrogens with one attached hydrogen (secondary N) is 3.